The van der Waals surface area contributed by atoms with Gasteiger partial charge >= 0.3 is 5.69 Å². The Morgan fingerprint density at radius 1 is 1.48 bits per heavy atom. The topological polar surface area (TPSA) is 39.8 Å². The summed E-state index contributed by atoms with van der Waals surface area (Å²) in [6.07, 6.45) is 3.46. The lowest BCUT2D eigenvalue weighted by Crippen LogP contribution is -2.22. The van der Waals surface area contributed by atoms with Gasteiger partial charge in [-0.2, -0.15) is 0 Å². The van der Waals surface area contributed by atoms with Crippen LogP contribution >= 0.6 is 22.7 Å². The Bertz CT molecular complexity index is 867. The molecule has 0 aliphatic heterocycles. The van der Waals surface area contributed by atoms with Crippen molar-refractivity contribution in [3.63, 3.8) is 0 Å². The van der Waals surface area contributed by atoms with Crippen molar-refractivity contribution in [1.82, 2.24) is 14.1 Å². The summed E-state index contributed by atoms with van der Waals surface area (Å²) in [5.41, 5.74) is 2.34. The number of rotatable bonds is 2. The van der Waals surface area contributed by atoms with Gasteiger partial charge in [0.05, 0.1) is 17.8 Å². The minimum Gasteiger partial charge on any atom is -0.286 e. The maximum absolute atomic E-state index is 12.4. The first-order chi connectivity index (χ1) is 10.1. The number of hydrogen-bond acceptors (Lipinski definition) is 4. The van der Waals surface area contributed by atoms with Gasteiger partial charge in [-0.1, -0.05) is 6.92 Å². The third-order valence-electron chi connectivity index (χ3n) is 4.26. The fourth-order valence-electron chi connectivity index (χ4n) is 3.07. The molecular formula is C15H17N3OS2. The van der Waals surface area contributed by atoms with Crippen LogP contribution in [0.4, 0.5) is 0 Å². The van der Waals surface area contributed by atoms with E-state index in [1.54, 1.807) is 27.2 Å². The van der Waals surface area contributed by atoms with Crippen LogP contribution in [0.1, 0.15) is 28.9 Å². The van der Waals surface area contributed by atoms with Crippen LogP contribution in [0, 0.1) is 5.92 Å². The number of aryl methyl sites for hydroxylation is 2. The second-order valence-electron chi connectivity index (χ2n) is 5.86. The third-order valence-corrected chi connectivity index (χ3v) is 6.34. The van der Waals surface area contributed by atoms with Crippen LogP contribution in [-0.2, 0) is 26.4 Å². The molecule has 0 spiro atoms. The van der Waals surface area contributed by atoms with Crippen LogP contribution in [0.2, 0.25) is 0 Å². The summed E-state index contributed by atoms with van der Waals surface area (Å²) in [5.74, 6) is 0.758. The van der Waals surface area contributed by atoms with E-state index in [0.29, 0.717) is 6.54 Å². The van der Waals surface area contributed by atoms with Crippen molar-refractivity contribution in [3.8, 4) is 0 Å². The highest BCUT2D eigenvalue weighted by atomic mass is 32.1. The standard InChI is InChI=1S/C15H17N3OS2/c1-9-3-4-10-12(7-9)21-13(16-10)8-18-11-5-6-20-14(11)17(2)15(18)19/h5-6,9H,3-4,7-8H2,1-2H3. The molecule has 110 valence electrons. The molecule has 21 heavy (non-hydrogen) atoms. The number of fused-ring (bicyclic) bond motifs is 2. The molecule has 3 heterocycles. The van der Waals surface area contributed by atoms with Crippen molar-refractivity contribution in [2.75, 3.05) is 0 Å². The highest BCUT2D eigenvalue weighted by Gasteiger charge is 2.21. The molecule has 0 fully saturated rings. The van der Waals surface area contributed by atoms with Gasteiger partial charge in [0, 0.05) is 11.9 Å². The fourth-order valence-corrected chi connectivity index (χ4v) is 5.20. The summed E-state index contributed by atoms with van der Waals surface area (Å²) in [5, 5.41) is 3.10. The highest BCUT2D eigenvalue weighted by Crippen LogP contribution is 2.30. The Kier molecular flexibility index (Phi) is 3.04. The van der Waals surface area contributed by atoms with E-state index in [4.69, 9.17) is 4.98 Å². The van der Waals surface area contributed by atoms with E-state index in [2.05, 4.69) is 6.92 Å². The fraction of sp³-hybridized carbons (Fsp3) is 0.467. The van der Waals surface area contributed by atoms with E-state index in [0.717, 1.165) is 34.1 Å². The number of aromatic nitrogens is 3. The van der Waals surface area contributed by atoms with Gasteiger partial charge in [0.2, 0.25) is 0 Å². The van der Waals surface area contributed by atoms with Crippen LogP contribution in [-0.4, -0.2) is 14.1 Å². The molecule has 1 aliphatic rings. The zero-order valence-corrected chi connectivity index (χ0v) is 13.8. The summed E-state index contributed by atoms with van der Waals surface area (Å²) in [6, 6.07) is 2.02. The largest absolute Gasteiger partial charge is 0.329 e. The van der Waals surface area contributed by atoms with E-state index in [1.165, 1.54) is 17.0 Å². The smallest absolute Gasteiger partial charge is 0.286 e. The first-order valence-corrected chi connectivity index (χ1v) is 8.93. The molecule has 0 radical (unpaired) electrons. The lowest BCUT2D eigenvalue weighted by Gasteiger charge is -2.15. The second-order valence-corrected chi connectivity index (χ2v) is 7.93. The molecule has 4 rings (SSSR count). The Balaban J connectivity index is 1.74. The van der Waals surface area contributed by atoms with Gasteiger partial charge in [-0.15, -0.1) is 22.7 Å². The van der Waals surface area contributed by atoms with Crippen LogP contribution in [0.5, 0.6) is 0 Å². The Hall–Kier alpha value is -1.40. The molecule has 4 nitrogen and oxygen atoms in total. The molecular weight excluding hydrogens is 302 g/mol. The van der Waals surface area contributed by atoms with Crippen LogP contribution in [0.25, 0.3) is 10.3 Å². The second kappa shape index (κ2) is 4.81. The van der Waals surface area contributed by atoms with E-state index >= 15 is 0 Å². The molecule has 0 amide bonds. The van der Waals surface area contributed by atoms with Crippen molar-refractivity contribution < 1.29 is 0 Å². The summed E-state index contributed by atoms with van der Waals surface area (Å²) in [4.78, 5) is 19.6. The third kappa shape index (κ3) is 2.08. The van der Waals surface area contributed by atoms with Crippen LogP contribution in [0.15, 0.2) is 16.2 Å². The van der Waals surface area contributed by atoms with E-state index in [-0.39, 0.29) is 5.69 Å². The summed E-state index contributed by atoms with van der Waals surface area (Å²) < 4.78 is 3.58. The SMILES string of the molecule is CC1CCc2nc(Cn3c(=O)n(C)c4sccc43)sc2C1. The number of imidazole rings is 1. The lowest BCUT2D eigenvalue weighted by atomic mass is 9.93. The first kappa shape index (κ1) is 13.3. The van der Waals surface area contributed by atoms with Gasteiger partial charge in [-0.05, 0) is 36.6 Å². The Labute approximate surface area is 130 Å². The molecule has 6 heteroatoms. The summed E-state index contributed by atoms with van der Waals surface area (Å²) in [7, 11) is 1.84. The Morgan fingerprint density at radius 2 is 2.33 bits per heavy atom. The predicted octanol–water partition coefficient (Wildman–Crippen LogP) is 3.03. The maximum atomic E-state index is 12.4. The molecule has 0 saturated heterocycles. The molecule has 1 unspecified atom stereocenters. The van der Waals surface area contributed by atoms with Crippen molar-refractivity contribution >= 4 is 33.0 Å². The van der Waals surface area contributed by atoms with Crippen molar-refractivity contribution in [2.24, 2.45) is 13.0 Å². The van der Waals surface area contributed by atoms with Gasteiger partial charge in [-0.3, -0.25) is 9.13 Å². The minimum atomic E-state index is 0.0541. The van der Waals surface area contributed by atoms with Gasteiger partial charge < -0.3 is 0 Å². The van der Waals surface area contributed by atoms with E-state index in [1.807, 2.05) is 23.1 Å². The van der Waals surface area contributed by atoms with Crippen LogP contribution in [0.3, 0.4) is 0 Å². The Morgan fingerprint density at radius 3 is 3.19 bits per heavy atom. The summed E-state index contributed by atoms with van der Waals surface area (Å²) >= 11 is 3.40. The highest BCUT2D eigenvalue weighted by molar-refractivity contribution is 7.16. The lowest BCUT2D eigenvalue weighted by molar-refractivity contribution is 0.501. The maximum Gasteiger partial charge on any atom is 0.329 e. The summed E-state index contributed by atoms with van der Waals surface area (Å²) in [6.45, 7) is 2.90. The average molecular weight is 319 g/mol. The molecule has 3 aromatic heterocycles. The number of nitrogens with zero attached hydrogens (tertiary/aromatic N) is 3. The molecule has 1 atom stereocenters. The molecule has 1 aliphatic carbocycles. The molecule has 0 bridgehead atoms. The van der Waals surface area contributed by atoms with Gasteiger partial charge in [0.1, 0.15) is 9.84 Å². The normalized spacial score (nSPS) is 18.3. The van der Waals surface area contributed by atoms with Gasteiger partial charge in [0.15, 0.2) is 0 Å². The zero-order chi connectivity index (χ0) is 14.6. The zero-order valence-electron chi connectivity index (χ0n) is 12.1. The number of hydrogen-bond donors (Lipinski definition) is 0. The van der Waals surface area contributed by atoms with Crippen molar-refractivity contribution in [2.45, 2.75) is 32.7 Å². The molecule has 3 aromatic rings. The van der Waals surface area contributed by atoms with Crippen molar-refractivity contribution in [3.05, 3.63) is 37.5 Å². The monoisotopic (exact) mass is 319 g/mol. The van der Waals surface area contributed by atoms with Crippen LogP contribution < -0.4 is 5.69 Å². The minimum absolute atomic E-state index is 0.0541. The molecule has 0 saturated carbocycles. The quantitative estimate of drug-likeness (QED) is 0.728. The van der Waals surface area contributed by atoms with Gasteiger partial charge in [0.25, 0.3) is 0 Å². The van der Waals surface area contributed by atoms with Crippen molar-refractivity contribution in [1.29, 1.82) is 0 Å². The molecule has 0 aromatic carbocycles. The number of thiophene rings is 1. The van der Waals surface area contributed by atoms with E-state index in [9.17, 15) is 4.79 Å². The van der Waals surface area contributed by atoms with E-state index < -0.39 is 0 Å². The first-order valence-electron chi connectivity index (χ1n) is 7.23. The average Bonchev–Trinajstić information content (AvgIpc) is 3.12. The predicted molar refractivity (Wildman–Crippen MR) is 87.5 cm³/mol. The number of thiazole rings is 1. The molecule has 0 N–H and O–H groups in total. The van der Waals surface area contributed by atoms with Gasteiger partial charge in [-0.25, -0.2) is 9.78 Å².